The number of carbonyl (C=O) groups excluding carboxylic acids is 2. The summed E-state index contributed by atoms with van der Waals surface area (Å²) in [6.45, 7) is 5.61. The predicted molar refractivity (Wildman–Crippen MR) is 158 cm³/mol. The molecule has 1 unspecified atom stereocenters. The molecule has 10 heteroatoms. The first-order valence-corrected chi connectivity index (χ1v) is 15.1. The number of ketones is 1. The van der Waals surface area contributed by atoms with E-state index in [1.165, 1.54) is 32.7 Å². The second-order valence-electron chi connectivity index (χ2n) is 11.0. The highest BCUT2D eigenvalue weighted by atomic mass is 32.2. The summed E-state index contributed by atoms with van der Waals surface area (Å²) in [5, 5.41) is 0. The molecular weight excluding hydrogens is 528 g/mol. The number of nitrogens with zero attached hydrogens (tertiary/aromatic N) is 4. The van der Waals surface area contributed by atoms with Gasteiger partial charge in [0.15, 0.2) is 0 Å². The molecule has 0 aromatic heterocycles. The molecule has 3 rings (SSSR count). The Bertz CT molecular complexity index is 1270. The van der Waals surface area contributed by atoms with Crippen LogP contribution in [0.25, 0.3) is 0 Å². The van der Waals surface area contributed by atoms with Crippen LogP contribution in [0.15, 0.2) is 41.3 Å². The standard InChI is InChI=1S/C30H44N4O5S/c1-22-17-28(39-7)18-23(2)30(22)40(37,38)33(6)21-27(35)14-15-29(36)32(5)19-24-10-12-25(13-11-24)34-16-8-9-26(20-34)31(3)4/h10-13,17-18,26H,8-9,14-16,19-21H2,1-7H3. The van der Waals surface area contributed by atoms with Crippen LogP contribution in [0.1, 0.15) is 42.4 Å². The smallest absolute Gasteiger partial charge is 0.243 e. The van der Waals surface area contributed by atoms with Crippen molar-refractivity contribution in [3.63, 3.8) is 0 Å². The molecule has 2 aromatic rings. The van der Waals surface area contributed by atoms with Crippen LogP contribution in [0, 0.1) is 13.8 Å². The van der Waals surface area contributed by atoms with Crippen molar-refractivity contribution in [2.45, 2.75) is 57.0 Å². The molecule has 1 aliphatic heterocycles. The summed E-state index contributed by atoms with van der Waals surface area (Å²) < 4.78 is 32.6. The topological polar surface area (TPSA) is 90.5 Å². The van der Waals surface area contributed by atoms with Gasteiger partial charge in [-0.3, -0.25) is 9.59 Å². The van der Waals surface area contributed by atoms with Gasteiger partial charge in [0.25, 0.3) is 0 Å². The van der Waals surface area contributed by atoms with Gasteiger partial charge < -0.3 is 19.4 Å². The largest absolute Gasteiger partial charge is 0.497 e. The number of benzene rings is 2. The fourth-order valence-corrected chi connectivity index (χ4v) is 6.78. The quantitative estimate of drug-likeness (QED) is 0.385. The lowest BCUT2D eigenvalue weighted by atomic mass is 10.0. The normalized spacial score (nSPS) is 15.9. The monoisotopic (exact) mass is 572 g/mol. The Morgan fingerprint density at radius 1 is 1.00 bits per heavy atom. The van der Waals surface area contributed by atoms with Gasteiger partial charge >= 0.3 is 0 Å². The molecule has 1 aliphatic rings. The van der Waals surface area contributed by atoms with Crippen LogP contribution in [0.4, 0.5) is 5.69 Å². The Labute approximate surface area is 239 Å². The molecule has 40 heavy (non-hydrogen) atoms. The van der Waals surface area contributed by atoms with E-state index < -0.39 is 10.0 Å². The van der Waals surface area contributed by atoms with E-state index in [0.717, 1.165) is 23.0 Å². The van der Waals surface area contributed by atoms with E-state index >= 15 is 0 Å². The van der Waals surface area contributed by atoms with Gasteiger partial charge in [-0.05, 0) is 81.7 Å². The number of amides is 1. The summed E-state index contributed by atoms with van der Waals surface area (Å²) in [6, 6.07) is 12.2. The van der Waals surface area contributed by atoms with Crippen LogP contribution in [-0.2, 0) is 26.2 Å². The van der Waals surface area contributed by atoms with E-state index in [1.807, 2.05) is 12.1 Å². The molecule has 220 valence electrons. The molecule has 0 saturated carbocycles. The number of carbonyl (C=O) groups is 2. The van der Waals surface area contributed by atoms with Gasteiger partial charge in [-0.15, -0.1) is 0 Å². The zero-order chi connectivity index (χ0) is 29.6. The van der Waals surface area contributed by atoms with Crippen molar-refractivity contribution in [1.29, 1.82) is 0 Å². The SMILES string of the molecule is COc1cc(C)c(S(=O)(=O)N(C)CC(=O)CCC(=O)N(C)Cc2ccc(N3CCCC(N(C)C)C3)cc2)c(C)c1. The van der Waals surface area contributed by atoms with Crippen LogP contribution in [0.5, 0.6) is 5.75 Å². The van der Waals surface area contributed by atoms with Gasteiger partial charge in [-0.25, -0.2) is 8.42 Å². The fraction of sp³-hybridized carbons (Fsp3) is 0.533. The summed E-state index contributed by atoms with van der Waals surface area (Å²) >= 11 is 0. The molecular formula is C30H44N4O5S. The number of hydrogen-bond donors (Lipinski definition) is 0. The van der Waals surface area contributed by atoms with Crippen molar-refractivity contribution in [2.75, 3.05) is 59.8 Å². The third-order valence-electron chi connectivity index (χ3n) is 7.63. The number of methoxy groups -OCH3 is 1. The Balaban J connectivity index is 1.51. The van der Waals surface area contributed by atoms with E-state index in [1.54, 1.807) is 37.9 Å². The molecule has 1 fully saturated rings. The molecule has 9 nitrogen and oxygen atoms in total. The van der Waals surface area contributed by atoms with Gasteiger partial charge in [0.1, 0.15) is 11.5 Å². The second kappa shape index (κ2) is 13.6. The highest BCUT2D eigenvalue weighted by Gasteiger charge is 2.27. The molecule has 1 atom stereocenters. The first kappa shape index (κ1) is 31.6. The summed E-state index contributed by atoms with van der Waals surface area (Å²) in [6.07, 6.45) is 2.39. The summed E-state index contributed by atoms with van der Waals surface area (Å²) in [7, 11) is 5.01. The van der Waals surface area contributed by atoms with E-state index in [9.17, 15) is 18.0 Å². The van der Waals surface area contributed by atoms with Crippen LogP contribution in [0.2, 0.25) is 0 Å². The lowest BCUT2D eigenvalue weighted by Crippen LogP contribution is -2.45. The van der Waals surface area contributed by atoms with Crippen molar-refractivity contribution in [2.24, 2.45) is 0 Å². The van der Waals surface area contributed by atoms with Crippen molar-refractivity contribution >= 4 is 27.4 Å². The van der Waals surface area contributed by atoms with Crippen molar-refractivity contribution in [3.05, 3.63) is 53.1 Å². The fourth-order valence-electron chi connectivity index (χ4n) is 5.23. The molecule has 0 spiro atoms. The molecule has 1 saturated heterocycles. The Kier molecular flexibility index (Phi) is 10.7. The Morgan fingerprint density at radius 3 is 2.20 bits per heavy atom. The maximum absolute atomic E-state index is 13.2. The number of Topliss-reactive ketones (excluding diaryl/α,β-unsaturated/α-hetero) is 1. The highest BCUT2D eigenvalue weighted by Crippen LogP contribution is 2.28. The van der Waals surface area contributed by atoms with E-state index in [0.29, 0.717) is 29.5 Å². The number of ether oxygens (including phenoxy) is 1. The third-order valence-corrected chi connectivity index (χ3v) is 9.74. The van der Waals surface area contributed by atoms with Crippen molar-refractivity contribution in [1.82, 2.24) is 14.1 Å². The number of likely N-dealkylation sites (N-methyl/N-ethyl adjacent to an activating group) is 2. The number of hydrogen-bond acceptors (Lipinski definition) is 7. The Morgan fingerprint density at radius 2 is 1.62 bits per heavy atom. The lowest BCUT2D eigenvalue weighted by Gasteiger charge is -2.37. The van der Waals surface area contributed by atoms with Gasteiger partial charge in [0.05, 0.1) is 18.6 Å². The van der Waals surface area contributed by atoms with Crippen LogP contribution in [0.3, 0.4) is 0 Å². The van der Waals surface area contributed by atoms with E-state index in [-0.39, 0.29) is 36.0 Å². The number of anilines is 1. The van der Waals surface area contributed by atoms with Crippen LogP contribution < -0.4 is 9.64 Å². The number of aryl methyl sites for hydroxylation is 2. The first-order chi connectivity index (χ1) is 18.8. The maximum atomic E-state index is 13.2. The molecule has 1 amide bonds. The van der Waals surface area contributed by atoms with Crippen LogP contribution in [-0.4, -0.2) is 95.2 Å². The minimum Gasteiger partial charge on any atom is -0.497 e. The summed E-state index contributed by atoms with van der Waals surface area (Å²) in [4.78, 5) is 31.8. The molecule has 0 N–H and O–H groups in total. The average molecular weight is 573 g/mol. The second-order valence-corrected chi connectivity index (χ2v) is 13.0. The maximum Gasteiger partial charge on any atom is 0.243 e. The number of sulfonamides is 1. The minimum atomic E-state index is -3.88. The van der Waals surface area contributed by atoms with E-state index in [4.69, 9.17) is 4.74 Å². The first-order valence-electron chi connectivity index (χ1n) is 13.7. The molecule has 2 aromatic carbocycles. The highest BCUT2D eigenvalue weighted by molar-refractivity contribution is 7.89. The summed E-state index contributed by atoms with van der Waals surface area (Å²) in [5.41, 5.74) is 3.31. The molecule has 1 heterocycles. The van der Waals surface area contributed by atoms with Crippen molar-refractivity contribution < 1.29 is 22.7 Å². The number of rotatable bonds is 12. The van der Waals surface area contributed by atoms with Crippen LogP contribution >= 0.6 is 0 Å². The van der Waals surface area contributed by atoms with Gasteiger partial charge in [0, 0.05) is 58.3 Å². The van der Waals surface area contributed by atoms with Crippen molar-refractivity contribution in [3.8, 4) is 5.75 Å². The van der Waals surface area contributed by atoms with Gasteiger partial charge in [0.2, 0.25) is 15.9 Å². The minimum absolute atomic E-state index is 0.0233. The summed E-state index contributed by atoms with van der Waals surface area (Å²) in [5.74, 6) is 0.111. The van der Waals surface area contributed by atoms with Gasteiger partial charge in [-0.1, -0.05) is 12.1 Å². The third kappa shape index (κ3) is 7.83. The lowest BCUT2D eigenvalue weighted by molar-refractivity contribution is -0.132. The zero-order valence-corrected chi connectivity index (χ0v) is 25.8. The average Bonchev–Trinajstić information content (AvgIpc) is 2.91. The Hall–Kier alpha value is -2.95. The van der Waals surface area contributed by atoms with E-state index in [2.05, 4.69) is 36.0 Å². The molecule has 0 radical (unpaired) electrons. The molecule has 0 aliphatic carbocycles. The molecule has 0 bridgehead atoms. The number of piperidine rings is 1. The predicted octanol–water partition coefficient (Wildman–Crippen LogP) is 3.47. The zero-order valence-electron chi connectivity index (χ0n) is 24.9. The van der Waals surface area contributed by atoms with Gasteiger partial charge in [-0.2, -0.15) is 4.31 Å².